The molecule has 1 aliphatic carbocycles. The van der Waals surface area contributed by atoms with Crippen LogP contribution in [0.1, 0.15) is 47.5 Å². The van der Waals surface area contributed by atoms with E-state index in [0.717, 1.165) is 44.3 Å². The Morgan fingerprint density at radius 3 is 2.58 bits per heavy atom. The van der Waals surface area contributed by atoms with E-state index in [0.29, 0.717) is 17.1 Å². The standard InChI is InChI=1S/C17H25N3O3S/c1-10-7-20(8-11(2)23-10)9-14(21)19-17-15(16(18)22)12-5-3-4-6-13(12)24-17/h10-11H,3-9H2,1-2H3,(H2,18,22)(H,19,21)/p+1/t10-,11-/m0/s1. The van der Waals surface area contributed by atoms with Gasteiger partial charge in [0.1, 0.15) is 30.3 Å². The first-order chi connectivity index (χ1) is 11.4. The Bertz CT molecular complexity index is 633. The van der Waals surface area contributed by atoms with E-state index in [1.54, 1.807) is 0 Å². The highest BCUT2D eigenvalue weighted by molar-refractivity contribution is 7.17. The number of hydrogen-bond donors (Lipinski definition) is 3. The van der Waals surface area contributed by atoms with Crippen molar-refractivity contribution in [3.05, 3.63) is 16.0 Å². The summed E-state index contributed by atoms with van der Waals surface area (Å²) < 4.78 is 5.71. The molecular formula is C17H26N3O3S+. The van der Waals surface area contributed by atoms with Crippen LogP contribution < -0.4 is 16.0 Å². The number of morpholine rings is 1. The van der Waals surface area contributed by atoms with Gasteiger partial charge in [-0.05, 0) is 45.1 Å². The van der Waals surface area contributed by atoms with Crippen LogP contribution in [0, 0.1) is 0 Å². The molecule has 0 saturated carbocycles. The van der Waals surface area contributed by atoms with Crippen LogP contribution in [0.3, 0.4) is 0 Å². The van der Waals surface area contributed by atoms with E-state index in [-0.39, 0.29) is 18.1 Å². The van der Waals surface area contributed by atoms with E-state index in [1.165, 1.54) is 21.1 Å². The average molecular weight is 352 g/mol. The summed E-state index contributed by atoms with van der Waals surface area (Å²) in [5, 5.41) is 3.58. The highest BCUT2D eigenvalue weighted by atomic mass is 32.1. The molecule has 3 rings (SSSR count). The van der Waals surface area contributed by atoms with Gasteiger partial charge in [0.05, 0.1) is 5.56 Å². The zero-order chi connectivity index (χ0) is 17.3. The number of aryl methyl sites for hydroxylation is 1. The number of primary amides is 1. The van der Waals surface area contributed by atoms with E-state index in [1.807, 2.05) is 13.8 Å². The second-order valence-corrected chi connectivity index (χ2v) is 8.02. The van der Waals surface area contributed by atoms with Crippen LogP contribution in [0.5, 0.6) is 0 Å². The molecule has 0 spiro atoms. The number of carbonyl (C=O) groups is 2. The van der Waals surface area contributed by atoms with Gasteiger partial charge in [-0.1, -0.05) is 0 Å². The monoisotopic (exact) mass is 352 g/mol. The fraction of sp³-hybridized carbons (Fsp3) is 0.647. The van der Waals surface area contributed by atoms with E-state index in [2.05, 4.69) is 5.32 Å². The summed E-state index contributed by atoms with van der Waals surface area (Å²) in [6.07, 6.45) is 4.38. The normalized spacial score (nSPS) is 26.7. The van der Waals surface area contributed by atoms with Gasteiger partial charge in [-0.3, -0.25) is 9.59 Å². The molecule has 1 saturated heterocycles. The summed E-state index contributed by atoms with van der Waals surface area (Å²) in [6, 6.07) is 0. The van der Waals surface area contributed by atoms with Gasteiger partial charge < -0.3 is 20.7 Å². The second-order valence-electron chi connectivity index (χ2n) is 6.92. The lowest BCUT2D eigenvalue weighted by Gasteiger charge is -2.31. The number of rotatable bonds is 4. The maximum Gasteiger partial charge on any atom is 0.280 e. The molecule has 2 heterocycles. The molecular weight excluding hydrogens is 326 g/mol. The van der Waals surface area contributed by atoms with E-state index in [4.69, 9.17) is 10.5 Å². The van der Waals surface area contributed by atoms with Crippen molar-refractivity contribution in [3.8, 4) is 0 Å². The van der Waals surface area contributed by atoms with E-state index in [9.17, 15) is 9.59 Å². The number of ether oxygens (including phenoxy) is 1. The zero-order valence-corrected chi connectivity index (χ0v) is 15.1. The maximum absolute atomic E-state index is 12.5. The third-order valence-electron chi connectivity index (χ3n) is 4.70. The van der Waals surface area contributed by atoms with Gasteiger partial charge in [0, 0.05) is 4.88 Å². The predicted octanol–water partition coefficient (Wildman–Crippen LogP) is 0.356. The molecule has 1 aliphatic heterocycles. The minimum absolute atomic E-state index is 0.0626. The molecule has 7 heteroatoms. The van der Waals surface area contributed by atoms with Crippen molar-refractivity contribution in [3.63, 3.8) is 0 Å². The van der Waals surface area contributed by atoms with Crippen molar-refractivity contribution in [2.75, 3.05) is 25.0 Å². The van der Waals surface area contributed by atoms with Crippen molar-refractivity contribution in [1.29, 1.82) is 0 Å². The zero-order valence-electron chi connectivity index (χ0n) is 14.3. The number of nitrogens with two attached hydrogens (primary N) is 1. The van der Waals surface area contributed by atoms with Gasteiger partial charge in [0.2, 0.25) is 0 Å². The number of amides is 2. The van der Waals surface area contributed by atoms with Crippen LogP contribution in [-0.4, -0.2) is 43.7 Å². The first-order valence-corrected chi connectivity index (χ1v) is 9.49. The van der Waals surface area contributed by atoms with Gasteiger partial charge in [-0.15, -0.1) is 11.3 Å². The van der Waals surface area contributed by atoms with Crippen LogP contribution in [0.4, 0.5) is 5.00 Å². The first-order valence-electron chi connectivity index (χ1n) is 8.67. The van der Waals surface area contributed by atoms with Crippen LogP contribution in [-0.2, 0) is 22.4 Å². The van der Waals surface area contributed by atoms with Gasteiger partial charge in [0.25, 0.3) is 11.8 Å². The summed E-state index contributed by atoms with van der Waals surface area (Å²) in [4.78, 5) is 26.7. The molecule has 0 bridgehead atoms. The molecule has 0 radical (unpaired) electrons. The Balaban J connectivity index is 1.70. The second kappa shape index (κ2) is 7.21. The molecule has 1 aromatic heterocycles. The van der Waals surface area contributed by atoms with E-state index >= 15 is 0 Å². The van der Waals surface area contributed by atoms with Crippen LogP contribution in [0.15, 0.2) is 0 Å². The molecule has 2 amide bonds. The molecule has 6 nitrogen and oxygen atoms in total. The fourth-order valence-corrected chi connectivity index (χ4v) is 5.16. The Labute approximate surface area is 146 Å². The van der Waals surface area contributed by atoms with Crippen molar-refractivity contribution in [2.24, 2.45) is 5.73 Å². The number of thiophene rings is 1. The largest absolute Gasteiger partial charge is 0.365 e. The Hall–Kier alpha value is -1.44. The lowest BCUT2D eigenvalue weighted by molar-refractivity contribution is -0.907. The van der Waals surface area contributed by atoms with Crippen molar-refractivity contribution >= 4 is 28.2 Å². The molecule has 4 N–H and O–H groups in total. The summed E-state index contributed by atoms with van der Waals surface area (Å²) >= 11 is 1.52. The lowest BCUT2D eigenvalue weighted by Crippen LogP contribution is -3.16. The molecule has 2 aliphatic rings. The quantitative estimate of drug-likeness (QED) is 0.731. The molecule has 1 fully saturated rings. The summed E-state index contributed by atoms with van der Waals surface area (Å²) in [5.41, 5.74) is 7.15. The molecule has 0 aromatic carbocycles. The van der Waals surface area contributed by atoms with Crippen molar-refractivity contribution in [1.82, 2.24) is 0 Å². The van der Waals surface area contributed by atoms with E-state index < -0.39 is 5.91 Å². The number of nitrogens with one attached hydrogen (secondary N) is 2. The highest BCUT2D eigenvalue weighted by Gasteiger charge is 2.29. The van der Waals surface area contributed by atoms with Crippen molar-refractivity contribution in [2.45, 2.75) is 51.7 Å². The molecule has 0 unspecified atom stereocenters. The number of quaternary nitrogens is 1. The number of carbonyl (C=O) groups excluding carboxylic acids is 2. The minimum Gasteiger partial charge on any atom is -0.365 e. The summed E-state index contributed by atoms with van der Waals surface area (Å²) in [7, 11) is 0. The summed E-state index contributed by atoms with van der Waals surface area (Å²) in [6.45, 7) is 6.10. The Morgan fingerprint density at radius 2 is 1.92 bits per heavy atom. The van der Waals surface area contributed by atoms with Crippen LogP contribution in [0.25, 0.3) is 0 Å². The van der Waals surface area contributed by atoms with Crippen molar-refractivity contribution < 1.29 is 19.2 Å². The molecule has 2 atom stereocenters. The Kier molecular flexibility index (Phi) is 5.22. The van der Waals surface area contributed by atoms with Gasteiger partial charge >= 0.3 is 0 Å². The molecule has 132 valence electrons. The topological polar surface area (TPSA) is 85.9 Å². The van der Waals surface area contributed by atoms with Crippen LogP contribution >= 0.6 is 11.3 Å². The molecule has 24 heavy (non-hydrogen) atoms. The number of fused-ring (bicyclic) bond motifs is 1. The van der Waals surface area contributed by atoms with Gasteiger partial charge in [-0.2, -0.15) is 0 Å². The number of hydrogen-bond acceptors (Lipinski definition) is 4. The fourth-order valence-electron chi connectivity index (χ4n) is 3.85. The Morgan fingerprint density at radius 1 is 1.25 bits per heavy atom. The predicted molar refractivity (Wildman–Crippen MR) is 93.7 cm³/mol. The van der Waals surface area contributed by atoms with Crippen LogP contribution in [0.2, 0.25) is 0 Å². The SMILES string of the molecule is C[C@H]1C[NH+](CC(=O)Nc2sc3c(c2C(N)=O)CCCC3)C[C@H](C)O1. The smallest absolute Gasteiger partial charge is 0.280 e. The van der Waals surface area contributed by atoms with Gasteiger partial charge in [-0.25, -0.2) is 0 Å². The molecule has 1 aromatic rings. The van der Waals surface area contributed by atoms with Gasteiger partial charge in [0.15, 0.2) is 6.54 Å². The summed E-state index contributed by atoms with van der Waals surface area (Å²) in [5.74, 6) is -0.502. The third kappa shape index (κ3) is 3.79. The lowest BCUT2D eigenvalue weighted by atomic mass is 9.95. The highest BCUT2D eigenvalue weighted by Crippen LogP contribution is 2.37. The maximum atomic E-state index is 12.5. The third-order valence-corrected chi connectivity index (χ3v) is 5.91. The average Bonchev–Trinajstić information content (AvgIpc) is 2.83. The first kappa shape index (κ1) is 17.4. The number of anilines is 1. The minimum atomic E-state index is -0.439.